The zero-order valence-electron chi connectivity index (χ0n) is 12.9. The van der Waals surface area contributed by atoms with Crippen LogP contribution in [-0.4, -0.2) is 60.6 Å². The number of carbonyl (C=O) groups excluding carboxylic acids is 1. The molecule has 2 aliphatic rings. The first-order valence-corrected chi connectivity index (χ1v) is 7.42. The fourth-order valence-corrected chi connectivity index (χ4v) is 3.18. The topological polar surface area (TPSA) is 32.8 Å². The van der Waals surface area contributed by atoms with Gasteiger partial charge in [-0.2, -0.15) is 0 Å². The minimum Gasteiger partial charge on any atom is -0.373 e. The molecule has 0 saturated carbocycles. The third kappa shape index (κ3) is 4.18. The molecule has 4 nitrogen and oxygen atoms in total. The van der Waals surface area contributed by atoms with Crippen molar-refractivity contribution in [3.63, 3.8) is 0 Å². The average Bonchev–Trinajstić information content (AvgIpc) is 2.26. The first kappa shape index (κ1) is 14.8. The maximum absolute atomic E-state index is 12.4. The van der Waals surface area contributed by atoms with E-state index in [9.17, 15) is 4.79 Å². The van der Waals surface area contributed by atoms with Gasteiger partial charge in [0.05, 0.1) is 18.8 Å². The lowest BCUT2D eigenvalue weighted by molar-refractivity contribution is -0.139. The Morgan fingerprint density at radius 1 is 1.16 bits per heavy atom. The van der Waals surface area contributed by atoms with E-state index in [0.717, 1.165) is 39.2 Å². The van der Waals surface area contributed by atoms with Crippen LogP contribution in [0, 0.1) is 5.41 Å². The third-order valence-electron chi connectivity index (χ3n) is 4.12. The quantitative estimate of drug-likeness (QED) is 0.765. The largest absolute Gasteiger partial charge is 0.373 e. The lowest BCUT2D eigenvalue weighted by Crippen LogP contribution is -2.53. The second-order valence-corrected chi connectivity index (χ2v) is 7.40. The molecular formula is C15H28N2O2. The smallest absolute Gasteiger partial charge is 0.236 e. The number of carbonyl (C=O) groups is 1. The van der Waals surface area contributed by atoms with Gasteiger partial charge in [-0.3, -0.25) is 9.69 Å². The average molecular weight is 268 g/mol. The first-order valence-electron chi connectivity index (χ1n) is 7.42. The highest BCUT2D eigenvalue weighted by atomic mass is 16.5. The summed E-state index contributed by atoms with van der Waals surface area (Å²) < 4.78 is 5.69. The maximum atomic E-state index is 12.4. The van der Waals surface area contributed by atoms with Crippen molar-refractivity contribution in [2.75, 3.05) is 39.3 Å². The summed E-state index contributed by atoms with van der Waals surface area (Å²) in [5.74, 6) is 0.283. The van der Waals surface area contributed by atoms with Crippen LogP contribution in [0.4, 0.5) is 0 Å². The van der Waals surface area contributed by atoms with Gasteiger partial charge in [-0.1, -0.05) is 13.8 Å². The van der Waals surface area contributed by atoms with Crippen molar-refractivity contribution in [3.05, 3.63) is 0 Å². The van der Waals surface area contributed by atoms with Crippen LogP contribution in [0.3, 0.4) is 0 Å². The Labute approximate surface area is 117 Å². The SMILES string of the molecule is CC1(C)CCCN(C(=O)CN2CCOC(C)(C)C2)C1. The van der Waals surface area contributed by atoms with E-state index in [1.807, 2.05) is 4.90 Å². The van der Waals surface area contributed by atoms with Gasteiger partial charge in [0, 0.05) is 26.2 Å². The highest BCUT2D eigenvalue weighted by Crippen LogP contribution is 2.28. The minimum absolute atomic E-state index is 0.125. The van der Waals surface area contributed by atoms with Crippen molar-refractivity contribution in [1.29, 1.82) is 0 Å². The van der Waals surface area contributed by atoms with Crippen molar-refractivity contribution in [2.45, 2.75) is 46.1 Å². The molecule has 0 N–H and O–H groups in total. The summed E-state index contributed by atoms with van der Waals surface area (Å²) in [6, 6.07) is 0. The molecule has 2 fully saturated rings. The van der Waals surface area contributed by atoms with Gasteiger partial charge in [0.25, 0.3) is 0 Å². The van der Waals surface area contributed by atoms with Crippen molar-refractivity contribution in [1.82, 2.24) is 9.80 Å². The van der Waals surface area contributed by atoms with Gasteiger partial charge in [0.1, 0.15) is 0 Å². The minimum atomic E-state index is -0.125. The van der Waals surface area contributed by atoms with E-state index in [2.05, 4.69) is 32.6 Å². The van der Waals surface area contributed by atoms with E-state index in [4.69, 9.17) is 4.74 Å². The second-order valence-electron chi connectivity index (χ2n) is 7.40. The molecular weight excluding hydrogens is 240 g/mol. The summed E-state index contributed by atoms with van der Waals surface area (Å²) in [5, 5.41) is 0. The normalized spacial score (nSPS) is 27.3. The summed E-state index contributed by atoms with van der Waals surface area (Å²) in [5.41, 5.74) is 0.151. The number of morpholine rings is 1. The van der Waals surface area contributed by atoms with Gasteiger partial charge in [0.2, 0.25) is 5.91 Å². The number of ether oxygens (including phenoxy) is 1. The van der Waals surface area contributed by atoms with Crippen LogP contribution in [0.5, 0.6) is 0 Å². The number of nitrogens with zero attached hydrogens (tertiary/aromatic N) is 2. The molecule has 0 unspecified atom stereocenters. The van der Waals surface area contributed by atoms with Crippen LogP contribution >= 0.6 is 0 Å². The summed E-state index contributed by atoms with van der Waals surface area (Å²) in [6.45, 7) is 13.5. The number of hydrogen-bond acceptors (Lipinski definition) is 3. The maximum Gasteiger partial charge on any atom is 0.236 e. The number of likely N-dealkylation sites (tertiary alicyclic amines) is 1. The second kappa shape index (κ2) is 5.41. The van der Waals surface area contributed by atoms with Gasteiger partial charge in [-0.05, 0) is 32.1 Å². The predicted molar refractivity (Wildman–Crippen MR) is 76.1 cm³/mol. The van der Waals surface area contributed by atoms with Gasteiger partial charge >= 0.3 is 0 Å². The molecule has 2 aliphatic heterocycles. The molecule has 0 bridgehead atoms. The molecule has 0 spiro atoms. The number of hydrogen-bond donors (Lipinski definition) is 0. The van der Waals surface area contributed by atoms with Crippen LogP contribution in [0.1, 0.15) is 40.5 Å². The highest BCUT2D eigenvalue weighted by molar-refractivity contribution is 5.78. The van der Waals surface area contributed by atoms with Crippen molar-refractivity contribution < 1.29 is 9.53 Å². The zero-order chi connectivity index (χ0) is 14.1. The Morgan fingerprint density at radius 3 is 2.53 bits per heavy atom. The van der Waals surface area contributed by atoms with E-state index in [0.29, 0.717) is 6.54 Å². The monoisotopic (exact) mass is 268 g/mol. The van der Waals surface area contributed by atoms with Crippen molar-refractivity contribution in [2.24, 2.45) is 5.41 Å². The summed E-state index contributed by atoms with van der Waals surface area (Å²) >= 11 is 0. The van der Waals surface area contributed by atoms with E-state index in [1.165, 1.54) is 6.42 Å². The van der Waals surface area contributed by atoms with E-state index >= 15 is 0 Å². The standard InChI is InChI=1S/C15H28N2O2/c1-14(2)6-5-7-17(11-14)13(18)10-16-8-9-19-15(3,4)12-16/h5-12H2,1-4H3. The number of piperidine rings is 1. The lowest BCUT2D eigenvalue weighted by Gasteiger charge is -2.41. The molecule has 19 heavy (non-hydrogen) atoms. The Balaban J connectivity index is 1.87. The van der Waals surface area contributed by atoms with Crippen molar-refractivity contribution in [3.8, 4) is 0 Å². The van der Waals surface area contributed by atoms with Crippen LogP contribution in [-0.2, 0) is 9.53 Å². The molecule has 0 atom stereocenters. The predicted octanol–water partition coefficient (Wildman–Crippen LogP) is 1.75. The Morgan fingerprint density at radius 2 is 1.89 bits per heavy atom. The van der Waals surface area contributed by atoms with Gasteiger partial charge < -0.3 is 9.64 Å². The molecule has 0 aromatic heterocycles. The molecule has 1 amide bonds. The molecule has 0 radical (unpaired) electrons. The van der Waals surface area contributed by atoms with Crippen LogP contribution in [0.15, 0.2) is 0 Å². The summed E-state index contributed by atoms with van der Waals surface area (Å²) in [4.78, 5) is 16.7. The van der Waals surface area contributed by atoms with E-state index < -0.39 is 0 Å². The van der Waals surface area contributed by atoms with Gasteiger partial charge in [-0.25, -0.2) is 0 Å². The molecule has 0 aromatic rings. The molecule has 0 aliphatic carbocycles. The summed E-state index contributed by atoms with van der Waals surface area (Å²) in [7, 11) is 0. The molecule has 2 saturated heterocycles. The number of amides is 1. The summed E-state index contributed by atoms with van der Waals surface area (Å²) in [6.07, 6.45) is 2.36. The Bertz CT molecular complexity index is 339. The highest BCUT2D eigenvalue weighted by Gasteiger charge is 2.32. The Hall–Kier alpha value is -0.610. The Kier molecular flexibility index (Phi) is 4.21. The lowest BCUT2D eigenvalue weighted by atomic mass is 9.84. The zero-order valence-corrected chi connectivity index (χ0v) is 12.9. The third-order valence-corrected chi connectivity index (χ3v) is 4.12. The van der Waals surface area contributed by atoms with Crippen molar-refractivity contribution >= 4 is 5.91 Å². The molecule has 110 valence electrons. The molecule has 0 aromatic carbocycles. The van der Waals surface area contributed by atoms with Gasteiger partial charge in [0.15, 0.2) is 0 Å². The van der Waals surface area contributed by atoms with Gasteiger partial charge in [-0.15, -0.1) is 0 Å². The molecule has 2 rings (SSSR count). The van der Waals surface area contributed by atoms with Crippen LogP contribution in [0.25, 0.3) is 0 Å². The number of rotatable bonds is 2. The van der Waals surface area contributed by atoms with E-state index in [1.54, 1.807) is 0 Å². The van der Waals surface area contributed by atoms with Crippen LogP contribution in [0.2, 0.25) is 0 Å². The molecule has 2 heterocycles. The van der Waals surface area contributed by atoms with Crippen LogP contribution < -0.4 is 0 Å². The van der Waals surface area contributed by atoms with E-state index in [-0.39, 0.29) is 16.9 Å². The fraction of sp³-hybridized carbons (Fsp3) is 0.933. The molecule has 4 heteroatoms. The fourth-order valence-electron chi connectivity index (χ4n) is 3.18. The first-order chi connectivity index (χ1) is 8.77.